The smallest absolute Gasteiger partial charge is 0.340 e. The Morgan fingerprint density at radius 3 is 2.79 bits per heavy atom. The number of hydrogen-bond donors (Lipinski definition) is 2. The van der Waals surface area contributed by atoms with Crippen molar-refractivity contribution < 1.29 is 14.7 Å². The first-order valence-electron chi connectivity index (χ1n) is 4.97. The molecule has 7 nitrogen and oxygen atoms in total. The number of anilines is 1. The molecular weight excluding hydrogens is 292 g/mol. The highest BCUT2D eigenvalue weighted by Crippen LogP contribution is 2.24. The summed E-state index contributed by atoms with van der Waals surface area (Å²) in [5.74, 6) is -1.75. The molecule has 2 rings (SSSR count). The van der Waals surface area contributed by atoms with Crippen molar-refractivity contribution in [2.75, 3.05) is 5.32 Å². The second kappa shape index (κ2) is 5.29. The summed E-state index contributed by atoms with van der Waals surface area (Å²) in [5, 5.41) is 11.7. The summed E-state index contributed by atoms with van der Waals surface area (Å²) in [5.41, 5.74) is 0.299. The monoisotopic (exact) mass is 298 g/mol. The highest BCUT2D eigenvalue weighted by Gasteiger charge is 2.20. The predicted molar refractivity (Wildman–Crippen MR) is 68.8 cm³/mol. The van der Waals surface area contributed by atoms with Gasteiger partial charge in [-0.1, -0.05) is 11.6 Å². The van der Waals surface area contributed by atoms with E-state index in [1.807, 2.05) is 0 Å². The molecule has 0 spiro atoms. The first-order valence-corrected chi connectivity index (χ1v) is 6.12. The number of rotatable bonds is 3. The number of carbonyl (C=O) groups excluding carboxylic acids is 1. The van der Waals surface area contributed by atoms with Gasteiger partial charge in [0, 0.05) is 0 Å². The van der Waals surface area contributed by atoms with E-state index in [-0.39, 0.29) is 21.4 Å². The average molecular weight is 299 g/mol. The average Bonchev–Trinajstić information content (AvgIpc) is 2.70. The number of carboxylic acids is 1. The van der Waals surface area contributed by atoms with Gasteiger partial charge in [-0.25, -0.2) is 9.78 Å². The van der Waals surface area contributed by atoms with Gasteiger partial charge in [0.2, 0.25) is 0 Å². The van der Waals surface area contributed by atoms with E-state index < -0.39 is 11.9 Å². The Morgan fingerprint density at radius 1 is 1.42 bits per heavy atom. The molecule has 2 N–H and O–H groups in total. The molecule has 2 aromatic rings. The van der Waals surface area contributed by atoms with Gasteiger partial charge in [0.25, 0.3) is 5.91 Å². The number of carboxylic acid groups (broad SMARTS) is 1. The quantitative estimate of drug-likeness (QED) is 0.896. The molecule has 0 aliphatic rings. The summed E-state index contributed by atoms with van der Waals surface area (Å²) >= 11 is 6.51. The summed E-state index contributed by atoms with van der Waals surface area (Å²) in [4.78, 5) is 30.4. The maximum absolute atomic E-state index is 11.9. The van der Waals surface area contributed by atoms with E-state index in [9.17, 15) is 9.59 Å². The highest BCUT2D eigenvalue weighted by molar-refractivity contribution is 7.11. The van der Waals surface area contributed by atoms with Crippen LogP contribution in [0.2, 0.25) is 5.15 Å². The minimum absolute atomic E-state index is 0.00473. The molecule has 9 heteroatoms. The standard InChI is InChI=1S/C10H7ClN4O3S/c1-4-7(10(17)18)9(19-15-4)14-8(16)5-2-12-3-6(11)13-5/h2-3H,1H3,(H,14,16)(H,17,18). The second-order valence-electron chi connectivity index (χ2n) is 3.46. The van der Waals surface area contributed by atoms with E-state index in [2.05, 4.69) is 19.7 Å². The molecule has 0 unspecified atom stereocenters. The van der Waals surface area contributed by atoms with E-state index in [1.165, 1.54) is 12.4 Å². The molecule has 0 atom stereocenters. The van der Waals surface area contributed by atoms with Crippen LogP contribution in [0.5, 0.6) is 0 Å². The van der Waals surface area contributed by atoms with Crippen LogP contribution in [0, 0.1) is 6.92 Å². The fourth-order valence-electron chi connectivity index (χ4n) is 1.33. The number of carbonyl (C=O) groups is 2. The van der Waals surface area contributed by atoms with Crippen molar-refractivity contribution in [1.29, 1.82) is 0 Å². The van der Waals surface area contributed by atoms with Crippen molar-refractivity contribution in [2.24, 2.45) is 0 Å². The van der Waals surface area contributed by atoms with Gasteiger partial charge >= 0.3 is 5.97 Å². The van der Waals surface area contributed by atoms with Crippen LogP contribution in [-0.2, 0) is 0 Å². The fourth-order valence-corrected chi connectivity index (χ4v) is 2.26. The topological polar surface area (TPSA) is 105 Å². The second-order valence-corrected chi connectivity index (χ2v) is 4.62. The fraction of sp³-hybridized carbons (Fsp3) is 0.100. The lowest BCUT2D eigenvalue weighted by Crippen LogP contribution is -2.15. The van der Waals surface area contributed by atoms with Crippen molar-refractivity contribution in [3.8, 4) is 0 Å². The molecule has 0 bridgehead atoms. The van der Waals surface area contributed by atoms with Crippen molar-refractivity contribution in [1.82, 2.24) is 14.3 Å². The van der Waals surface area contributed by atoms with Gasteiger partial charge in [-0.05, 0) is 18.5 Å². The van der Waals surface area contributed by atoms with Crippen LogP contribution in [0.1, 0.15) is 26.5 Å². The normalized spacial score (nSPS) is 10.2. The summed E-state index contributed by atoms with van der Waals surface area (Å²) in [7, 11) is 0. The SMILES string of the molecule is Cc1nsc(NC(=O)c2cncc(Cl)n2)c1C(=O)O. The van der Waals surface area contributed by atoms with Crippen LogP contribution in [0.25, 0.3) is 0 Å². The Hall–Kier alpha value is -2.06. The minimum atomic E-state index is -1.15. The van der Waals surface area contributed by atoms with Gasteiger partial charge < -0.3 is 10.4 Å². The number of nitrogens with one attached hydrogen (secondary N) is 1. The van der Waals surface area contributed by atoms with Gasteiger partial charge in [0.1, 0.15) is 21.4 Å². The number of aryl methyl sites for hydroxylation is 1. The number of nitrogens with zero attached hydrogens (tertiary/aromatic N) is 3. The molecule has 19 heavy (non-hydrogen) atoms. The van der Waals surface area contributed by atoms with E-state index >= 15 is 0 Å². The molecule has 0 fully saturated rings. The largest absolute Gasteiger partial charge is 0.478 e. The van der Waals surface area contributed by atoms with Crippen LogP contribution in [0.3, 0.4) is 0 Å². The van der Waals surface area contributed by atoms with Crippen LogP contribution in [-0.4, -0.2) is 31.3 Å². The highest BCUT2D eigenvalue weighted by atomic mass is 35.5. The minimum Gasteiger partial charge on any atom is -0.478 e. The number of halogens is 1. The van der Waals surface area contributed by atoms with Crippen LogP contribution < -0.4 is 5.32 Å². The van der Waals surface area contributed by atoms with Crippen molar-refractivity contribution in [2.45, 2.75) is 6.92 Å². The molecule has 0 aromatic carbocycles. The van der Waals surface area contributed by atoms with E-state index in [0.29, 0.717) is 5.69 Å². The molecule has 0 aliphatic carbocycles. The van der Waals surface area contributed by atoms with Gasteiger partial charge in [-0.15, -0.1) is 0 Å². The molecule has 98 valence electrons. The van der Waals surface area contributed by atoms with Gasteiger partial charge in [-0.3, -0.25) is 9.78 Å². The Kier molecular flexibility index (Phi) is 3.72. The predicted octanol–water partition coefficient (Wildman–Crippen LogP) is 1.85. The Bertz CT molecular complexity index is 658. The summed E-state index contributed by atoms with van der Waals surface area (Å²) in [6, 6.07) is 0. The zero-order valence-electron chi connectivity index (χ0n) is 9.55. The lowest BCUT2D eigenvalue weighted by Gasteiger charge is -2.03. The van der Waals surface area contributed by atoms with Crippen molar-refractivity contribution in [3.05, 3.63) is 34.5 Å². The maximum atomic E-state index is 11.9. The molecule has 2 heterocycles. The molecule has 0 saturated carbocycles. The third-order valence-corrected chi connectivity index (χ3v) is 3.18. The molecule has 0 saturated heterocycles. The Labute approximate surface area is 116 Å². The molecule has 0 radical (unpaired) electrons. The van der Waals surface area contributed by atoms with E-state index in [4.69, 9.17) is 16.7 Å². The number of aromatic nitrogens is 3. The number of amides is 1. The van der Waals surface area contributed by atoms with Crippen LogP contribution in [0.15, 0.2) is 12.4 Å². The van der Waals surface area contributed by atoms with Crippen LogP contribution >= 0.6 is 23.1 Å². The molecule has 2 aromatic heterocycles. The van der Waals surface area contributed by atoms with Gasteiger partial charge in [-0.2, -0.15) is 4.37 Å². The number of hydrogen-bond acceptors (Lipinski definition) is 6. The lowest BCUT2D eigenvalue weighted by atomic mass is 10.2. The van der Waals surface area contributed by atoms with Gasteiger partial charge in [0.15, 0.2) is 0 Å². The summed E-state index contributed by atoms with van der Waals surface area (Å²) in [6.45, 7) is 1.55. The lowest BCUT2D eigenvalue weighted by molar-refractivity contribution is 0.0697. The Morgan fingerprint density at radius 2 is 2.16 bits per heavy atom. The zero-order valence-corrected chi connectivity index (χ0v) is 11.1. The van der Waals surface area contributed by atoms with Crippen molar-refractivity contribution >= 4 is 40.0 Å². The first kappa shape index (κ1) is 13.4. The molecular formula is C10H7ClN4O3S. The number of aromatic carboxylic acids is 1. The summed E-state index contributed by atoms with van der Waals surface area (Å²) in [6.07, 6.45) is 2.52. The van der Waals surface area contributed by atoms with E-state index in [0.717, 1.165) is 11.5 Å². The molecule has 0 aliphatic heterocycles. The summed E-state index contributed by atoms with van der Waals surface area (Å²) < 4.78 is 3.89. The Balaban J connectivity index is 2.27. The third kappa shape index (κ3) is 2.85. The molecule has 1 amide bonds. The third-order valence-electron chi connectivity index (χ3n) is 2.14. The maximum Gasteiger partial charge on any atom is 0.340 e. The van der Waals surface area contributed by atoms with E-state index in [1.54, 1.807) is 6.92 Å². The van der Waals surface area contributed by atoms with Gasteiger partial charge in [0.05, 0.1) is 18.1 Å². The zero-order chi connectivity index (χ0) is 14.0. The first-order chi connectivity index (χ1) is 8.99. The van der Waals surface area contributed by atoms with Crippen LogP contribution in [0.4, 0.5) is 5.00 Å². The van der Waals surface area contributed by atoms with Crippen molar-refractivity contribution in [3.63, 3.8) is 0 Å².